The summed E-state index contributed by atoms with van der Waals surface area (Å²) in [5.74, 6) is -0.624. The molecule has 1 saturated heterocycles. The number of hydrogen-bond acceptors (Lipinski definition) is 5. The maximum absolute atomic E-state index is 12.6. The molecule has 0 bridgehead atoms. The van der Waals surface area contributed by atoms with Crippen LogP contribution in [0.2, 0.25) is 10.0 Å². The van der Waals surface area contributed by atoms with Gasteiger partial charge in [0.1, 0.15) is 11.5 Å². The summed E-state index contributed by atoms with van der Waals surface area (Å²) < 4.78 is 11.0. The Kier molecular flexibility index (Phi) is 7.82. The zero-order valence-corrected chi connectivity index (χ0v) is 21.2. The number of hydrogen-bond donors (Lipinski definition) is 1. The van der Waals surface area contributed by atoms with Crippen molar-refractivity contribution in [1.82, 2.24) is 0 Å². The van der Waals surface area contributed by atoms with Gasteiger partial charge in [0.15, 0.2) is 6.61 Å². The molecule has 0 aliphatic carbocycles. The Hall–Kier alpha value is -3.55. The topological polar surface area (TPSA) is 84.9 Å². The number of carbonyl (C=O) groups excluding carboxylic acids is 3. The fourth-order valence-electron chi connectivity index (χ4n) is 3.75. The van der Waals surface area contributed by atoms with E-state index in [1.807, 2.05) is 32.0 Å². The first-order valence-corrected chi connectivity index (χ1v) is 12.0. The molecule has 0 radical (unpaired) electrons. The summed E-state index contributed by atoms with van der Waals surface area (Å²) >= 11 is 11.8. The summed E-state index contributed by atoms with van der Waals surface area (Å²) in [6, 6.07) is 17.6. The van der Waals surface area contributed by atoms with Crippen LogP contribution in [0.1, 0.15) is 17.5 Å². The normalized spacial score (nSPS) is 15.1. The van der Waals surface area contributed by atoms with Gasteiger partial charge in [0.2, 0.25) is 5.91 Å². The van der Waals surface area contributed by atoms with Crippen LogP contribution >= 0.6 is 23.2 Å². The van der Waals surface area contributed by atoms with E-state index in [1.165, 1.54) is 16.5 Å². The van der Waals surface area contributed by atoms with Crippen LogP contribution in [0.3, 0.4) is 0 Å². The number of ether oxygens (including phenoxy) is 2. The van der Waals surface area contributed by atoms with E-state index in [-0.39, 0.29) is 18.9 Å². The summed E-state index contributed by atoms with van der Waals surface area (Å²) in [5.41, 5.74) is 3.40. The molecule has 1 aliphatic rings. The van der Waals surface area contributed by atoms with Crippen molar-refractivity contribution in [1.29, 1.82) is 0 Å². The molecule has 9 heteroatoms. The first-order valence-electron chi connectivity index (χ1n) is 11.3. The van der Waals surface area contributed by atoms with Crippen LogP contribution in [0, 0.1) is 19.8 Å². The molecular formula is C27H24Cl2N2O5. The molecule has 0 saturated carbocycles. The van der Waals surface area contributed by atoms with Crippen LogP contribution in [-0.4, -0.2) is 30.9 Å². The number of benzene rings is 3. The fraction of sp³-hybridized carbons (Fsp3) is 0.222. The quantitative estimate of drug-likeness (QED) is 0.385. The highest BCUT2D eigenvalue weighted by Crippen LogP contribution is 2.30. The van der Waals surface area contributed by atoms with Crippen molar-refractivity contribution in [3.63, 3.8) is 0 Å². The molecule has 1 aliphatic heterocycles. The molecule has 1 atom stereocenters. The van der Waals surface area contributed by atoms with Gasteiger partial charge in [0.25, 0.3) is 5.91 Å². The highest BCUT2D eigenvalue weighted by molar-refractivity contribution is 6.42. The van der Waals surface area contributed by atoms with Gasteiger partial charge < -0.3 is 19.7 Å². The Morgan fingerprint density at radius 1 is 0.944 bits per heavy atom. The molecule has 0 aromatic heterocycles. The minimum atomic E-state index is -0.665. The third-order valence-corrected chi connectivity index (χ3v) is 6.61. The molecule has 0 unspecified atom stereocenters. The van der Waals surface area contributed by atoms with Gasteiger partial charge in [-0.15, -0.1) is 0 Å². The van der Waals surface area contributed by atoms with Crippen LogP contribution in [-0.2, 0) is 19.1 Å². The van der Waals surface area contributed by atoms with E-state index in [0.29, 0.717) is 27.2 Å². The Morgan fingerprint density at radius 3 is 2.36 bits per heavy atom. The van der Waals surface area contributed by atoms with E-state index >= 15 is 0 Å². The van der Waals surface area contributed by atoms with Crippen LogP contribution in [0.25, 0.3) is 0 Å². The van der Waals surface area contributed by atoms with E-state index in [2.05, 4.69) is 5.32 Å². The standard InChI is InChI=1S/C27H24Cl2N2O5/c1-16-3-7-22(11-17(16)2)36-21-8-5-20(6-9-21)31-14-18(12-26(31)33)27(34)35-15-25(32)30-19-4-10-23(28)24(29)13-19/h3-11,13,18H,12,14-15H2,1-2H3,(H,30,32)/t18-/m0/s1. The second-order valence-electron chi connectivity index (χ2n) is 8.53. The van der Waals surface area contributed by atoms with Crippen molar-refractivity contribution in [3.8, 4) is 11.5 Å². The number of halogens is 2. The lowest BCUT2D eigenvalue weighted by molar-refractivity contribution is -0.151. The lowest BCUT2D eigenvalue weighted by Crippen LogP contribution is -2.28. The van der Waals surface area contributed by atoms with Gasteiger partial charge >= 0.3 is 5.97 Å². The molecule has 4 rings (SSSR count). The Morgan fingerprint density at radius 2 is 1.67 bits per heavy atom. The van der Waals surface area contributed by atoms with Crippen LogP contribution in [0.4, 0.5) is 11.4 Å². The largest absolute Gasteiger partial charge is 0.457 e. The third-order valence-electron chi connectivity index (χ3n) is 5.87. The lowest BCUT2D eigenvalue weighted by Gasteiger charge is -2.17. The number of rotatable bonds is 7. The van der Waals surface area contributed by atoms with Gasteiger partial charge in [-0.3, -0.25) is 14.4 Å². The van der Waals surface area contributed by atoms with Gasteiger partial charge in [-0.25, -0.2) is 0 Å². The van der Waals surface area contributed by atoms with Gasteiger partial charge in [-0.1, -0.05) is 29.3 Å². The predicted molar refractivity (Wildman–Crippen MR) is 139 cm³/mol. The highest BCUT2D eigenvalue weighted by Gasteiger charge is 2.36. The van der Waals surface area contributed by atoms with Gasteiger partial charge in [0.05, 0.1) is 16.0 Å². The fourth-order valence-corrected chi connectivity index (χ4v) is 4.05. The Labute approximate surface area is 218 Å². The van der Waals surface area contributed by atoms with Gasteiger partial charge in [-0.05, 0) is 79.6 Å². The average molecular weight is 527 g/mol. The number of carbonyl (C=O) groups is 3. The van der Waals surface area contributed by atoms with Crippen molar-refractivity contribution in [2.45, 2.75) is 20.3 Å². The van der Waals surface area contributed by atoms with E-state index in [4.69, 9.17) is 32.7 Å². The number of anilines is 2. The molecule has 0 spiro atoms. The molecule has 186 valence electrons. The zero-order valence-electron chi connectivity index (χ0n) is 19.7. The van der Waals surface area contributed by atoms with E-state index in [9.17, 15) is 14.4 Å². The molecular weight excluding hydrogens is 503 g/mol. The number of aryl methyl sites for hydroxylation is 2. The summed E-state index contributed by atoms with van der Waals surface area (Å²) in [6.07, 6.45) is 0.00807. The van der Waals surface area contributed by atoms with E-state index in [0.717, 1.165) is 11.3 Å². The van der Waals surface area contributed by atoms with Crippen LogP contribution < -0.4 is 15.0 Å². The first kappa shape index (κ1) is 25.5. The summed E-state index contributed by atoms with van der Waals surface area (Å²) in [7, 11) is 0. The molecule has 1 heterocycles. The van der Waals surface area contributed by atoms with Gasteiger partial charge in [0, 0.05) is 24.3 Å². The molecule has 2 amide bonds. The van der Waals surface area contributed by atoms with E-state index < -0.39 is 24.4 Å². The SMILES string of the molecule is Cc1ccc(Oc2ccc(N3C[C@@H](C(=O)OCC(=O)Nc4ccc(Cl)c(Cl)c4)CC3=O)cc2)cc1C. The van der Waals surface area contributed by atoms with Crippen molar-refractivity contribution in [2.75, 3.05) is 23.4 Å². The molecule has 3 aromatic rings. The predicted octanol–water partition coefficient (Wildman–Crippen LogP) is 5.94. The Bertz CT molecular complexity index is 1310. The molecule has 1 N–H and O–H groups in total. The van der Waals surface area contributed by atoms with Crippen molar-refractivity contribution >= 4 is 52.4 Å². The minimum Gasteiger partial charge on any atom is -0.457 e. The monoisotopic (exact) mass is 526 g/mol. The van der Waals surface area contributed by atoms with Crippen molar-refractivity contribution in [3.05, 3.63) is 81.8 Å². The third kappa shape index (κ3) is 6.17. The highest BCUT2D eigenvalue weighted by atomic mass is 35.5. The van der Waals surface area contributed by atoms with Crippen molar-refractivity contribution < 1.29 is 23.9 Å². The molecule has 3 aromatic carbocycles. The van der Waals surface area contributed by atoms with Crippen LogP contribution in [0.15, 0.2) is 60.7 Å². The van der Waals surface area contributed by atoms with Gasteiger partial charge in [-0.2, -0.15) is 0 Å². The zero-order chi connectivity index (χ0) is 25.8. The molecule has 36 heavy (non-hydrogen) atoms. The summed E-state index contributed by atoms with van der Waals surface area (Å²) in [4.78, 5) is 38.7. The van der Waals surface area contributed by atoms with Crippen molar-refractivity contribution in [2.24, 2.45) is 5.92 Å². The smallest absolute Gasteiger partial charge is 0.311 e. The second kappa shape index (κ2) is 11.0. The molecule has 1 fully saturated rings. The summed E-state index contributed by atoms with van der Waals surface area (Å²) in [6.45, 7) is 3.75. The minimum absolute atomic E-state index is 0.00807. The van der Waals surface area contributed by atoms with E-state index in [1.54, 1.807) is 36.4 Å². The second-order valence-corrected chi connectivity index (χ2v) is 9.35. The number of nitrogens with one attached hydrogen (secondary N) is 1. The lowest BCUT2D eigenvalue weighted by atomic mass is 10.1. The maximum Gasteiger partial charge on any atom is 0.311 e. The summed E-state index contributed by atoms with van der Waals surface area (Å²) in [5, 5.41) is 3.23. The number of esters is 1. The number of nitrogens with zero attached hydrogens (tertiary/aromatic N) is 1. The average Bonchev–Trinajstić information content (AvgIpc) is 3.24. The van der Waals surface area contributed by atoms with Crippen LogP contribution in [0.5, 0.6) is 11.5 Å². The maximum atomic E-state index is 12.6. The number of amides is 2. The first-order chi connectivity index (χ1) is 17.2. The molecule has 7 nitrogen and oxygen atoms in total. The Balaban J connectivity index is 1.30.